The predicted octanol–water partition coefficient (Wildman–Crippen LogP) is 3.00. The third kappa shape index (κ3) is 4.97. The number of nitrogens with zero attached hydrogens (tertiary/aromatic N) is 2. The van der Waals surface area contributed by atoms with Crippen LogP contribution in [0.15, 0.2) is 0 Å². The maximum atomic E-state index is 12.1. The first kappa shape index (κ1) is 17.4. The van der Waals surface area contributed by atoms with Crippen molar-refractivity contribution in [3.8, 4) is 0 Å². The van der Waals surface area contributed by atoms with E-state index in [2.05, 4.69) is 25.7 Å². The van der Waals surface area contributed by atoms with Gasteiger partial charge < -0.3 is 4.90 Å². The summed E-state index contributed by atoms with van der Waals surface area (Å²) in [4.78, 5) is 16.5. The highest BCUT2D eigenvalue weighted by molar-refractivity contribution is 5.81. The quantitative estimate of drug-likeness (QED) is 0.665. The third-order valence-electron chi connectivity index (χ3n) is 3.16. The highest BCUT2D eigenvalue weighted by Gasteiger charge is 2.32. The van der Waals surface area contributed by atoms with Crippen molar-refractivity contribution in [2.24, 2.45) is 5.41 Å². The lowest BCUT2D eigenvalue weighted by Gasteiger charge is -2.43. The third-order valence-corrected chi connectivity index (χ3v) is 3.16. The van der Waals surface area contributed by atoms with E-state index in [-0.39, 0.29) is 16.9 Å². The molecule has 0 radical (unpaired) electrons. The van der Waals surface area contributed by atoms with Gasteiger partial charge in [-0.1, -0.05) is 34.6 Å². The molecular weight excluding hydrogens is 224 g/mol. The van der Waals surface area contributed by atoms with Gasteiger partial charge in [-0.25, -0.2) is 0 Å². The first-order valence-corrected chi connectivity index (χ1v) is 7.17. The van der Waals surface area contributed by atoms with Crippen LogP contribution in [0.2, 0.25) is 0 Å². The van der Waals surface area contributed by atoms with Gasteiger partial charge in [0.15, 0.2) is 0 Å². The van der Waals surface area contributed by atoms with Crippen molar-refractivity contribution in [3.63, 3.8) is 0 Å². The van der Waals surface area contributed by atoms with Gasteiger partial charge in [0, 0.05) is 37.1 Å². The van der Waals surface area contributed by atoms with Crippen LogP contribution >= 0.6 is 0 Å². The second-order valence-electron chi connectivity index (χ2n) is 6.70. The zero-order valence-electron chi connectivity index (χ0n) is 13.6. The minimum absolute atomic E-state index is 0.219. The van der Waals surface area contributed by atoms with Crippen LogP contribution in [0.5, 0.6) is 0 Å². The van der Waals surface area contributed by atoms with Gasteiger partial charge in [-0.15, -0.1) is 0 Å². The number of carbonyl (C=O) groups is 1. The van der Waals surface area contributed by atoms with E-state index in [4.69, 9.17) is 0 Å². The molecule has 0 saturated carbocycles. The molecule has 3 nitrogen and oxygen atoms in total. The molecule has 1 aliphatic rings. The van der Waals surface area contributed by atoms with E-state index in [1.807, 2.05) is 39.5 Å². The molecule has 1 rings (SSSR count). The van der Waals surface area contributed by atoms with Crippen LogP contribution in [0.3, 0.4) is 0 Å². The van der Waals surface area contributed by atoms with Gasteiger partial charge in [-0.3, -0.25) is 9.69 Å². The summed E-state index contributed by atoms with van der Waals surface area (Å²) in [7, 11) is 0. The number of rotatable bonds is 0. The molecule has 1 aliphatic heterocycles. The Hall–Kier alpha value is -0.570. The summed E-state index contributed by atoms with van der Waals surface area (Å²) in [6.07, 6.45) is 0. The van der Waals surface area contributed by atoms with Crippen molar-refractivity contribution >= 4 is 5.91 Å². The van der Waals surface area contributed by atoms with Crippen LogP contribution in [0.4, 0.5) is 0 Å². The van der Waals surface area contributed by atoms with Crippen molar-refractivity contribution in [1.29, 1.82) is 0 Å². The van der Waals surface area contributed by atoms with Crippen LogP contribution in [0, 0.1) is 5.41 Å². The minimum Gasteiger partial charge on any atom is -0.340 e. The van der Waals surface area contributed by atoms with E-state index >= 15 is 0 Å². The summed E-state index contributed by atoms with van der Waals surface area (Å²) in [6.45, 7) is 20.4. The zero-order chi connectivity index (χ0) is 14.6. The van der Waals surface area contributed by atoms with Crippen LogP contribution < -0.4 is 0 Å². The van der Waals surface area contributed by atoms with E-state index in [1.165, 1.54) is 0 Å². The molecule has 0 unspecified atom stereocenters. The molecule has 0 spiro atoms. The summed E-state index contributed by atoms with van der Waals surface area (Å²) in [5.41, 5.74) is -0.0270. The fraction of sp³-hybridized carbons (Fsp3) is 0.933. The molecule has 1 amide bonds. The van der Waals surface area contributed by atoms with Gasteiger partial charge in [-0.2, -0.15) is 0 Å². The smallest absolute Gasteiger partial charge is 0.228 e. The molecule has 0 aromatic heterocycles. The number of hydrogen-bond donors (Lipinski definition) is 0. The molecule has 18 heavy (non-hydrogen) atoms. The van der Waals surface area contributed by atoms with Crippen molar-refractivity contribution in [2.45, 2.75) is 60.9 Å². The maximum absolute atomic E-state index is 12.1. The molecule has 0 aromatic rings. The molecule has 1 saturated heterocycles. The van der Waals surface area contributed by atoms with Crippen LogP contribution in [0.1, 0.15) is 55.4 Å². The molecule has 0 bridgehead atoms. The summed E-state index contributed by atoms with van der Waals surface area (Å²) >= 11 is 0. The molecule has 1 fully saturated rings. The number of amides is 1. The molecule has 1 heterocycles. The Kier molecular flexibility index (Phi) is 6.35. The summed E-state index contributed by atoms with van der Waals surface area (Å²) in [5.74, 6) is 0.279. The lowest BCUT2D eigenvalue weighted by Crippen LogP contribution is -2.56. The standard InChI is InChI=1S/C13H26N2O.C2H6/c1-12(2,3)11(16)14-7-9-15(10-8-14)13(4,5)6;1-2/h7-10H2,1-6H3;1-2H3. The van der Waals surface area contributed by atoms with Crippen LogP contribution in [-0.2, 0) is 4.79 Å². The average Bonchev–Trinajstić information content (AvgIpc) is 2.28. The SMILES string of the molecule is CC.CC(C)(C)C(=O)N1CCN(C(C)(C)C)CC1. The van der Waals surface area contributed by atoms with E-state index in [0.717, 1.165) is 26.2 Å². The Bertz CT molecular complexity index is 253. The molecule has 108 valence electrons. The topological polar surface area (TPSA) is 23.6 Å². The normalized spacial score (nSPS) is 18.1. The van der Waals surface area contributed by atoms with Gasteiger partial charge in [0.25, 0.3) is 0 Å². The van der Waals surface area contributed by atoms with Crippen molar-refractivity contribution in [1.82, 2.24) is 9.80 Å². The molecule has 0 atom stereocenters. The zero-order valence-corrected chi connectivity index (χ0v) is 13.6. The van der Waals surface area contributed by atoms with Gasteiger partial charge in [0.2, 0.25) is 5.91 Å². The number of piperazine rings is 1. The van der Waals surface area contributed by atoms with E-state index in [9.17, 15) is 4.79 Å². The minimum atomic E-state index is -0.246. The fourth-order valence-corrected chi connectivity index (χ4v) is 2.05. The first-order valence-electron chi connectivity index (χ1n) is 7.17. The lowest BCUT2D eigenvalue weighted by molar-refractivity contribution is -0.142. The molecule has 0 aromatic carbocycles. The van der Waals surface area contributed by atoms with Crippen molar-refractivity contribution in [3.05, 3.63) is 0 Å². The Morgan fingerprint density at radius 3 is 1.50 bits per heavy atom. The van der Waals surface area contributed by atoms with Crippen molar-refractivity contribution < 1.29 is 4.79 Å². The van der Waals surface area contributed by atoms with Gasteiger partial charge in [-0.05, 0) is 20.8 Å². The van der Waals surface area contributed by atoms with E-state index < -0.39 is 0 Å². The summed E-state index contributed by atoms with van der Waals surface area (Å²) in [5, 5.41) is 0. The van der Waals surface area contributed by atoms with Gasteiger partial charge in [0.05, 0.1) is 0 Å². The van der Waals surface area contributed by atoms with Crippen LogP contribution in [-0.4, -0.2) is 47.4 Å². The molecule has 3 heteroatoms. The molecule has 0 aliphatic carbocycles. The number of carbonyl (C=O) groups excluding carboxylic acids is 1. The van der Waals surface area contributed by atoms with Gasteiger partial charge >= 0.3 is 0 Å². The Morgan fingerprint density at radius 1 is 0.833 bits per heavy atom. The monoisotopic (exact) mass is 256 g/mol. The predicted molar refractivity (Wildman–Crippen MR) is 78.7 cm³/mol. The van der Waals surface area contributed by atoms with Gasteiger partial charge in [0.1, 0.15) is 0 Å². The average molecular weight is 256 g/mol. The van der Waals surface area contributed by atoms with Crippen LogP contribution in [0.25, 0.3) is 0 Å². The van der Waals surface area contributed by atoms with E-state index in [0.29, 0.717) is 0 Å². The summed E-state index contributed by atoms with van der Waals surface area (Å²) in [6, 6.07) is 0. The molecular formula is C15H32N2O. The second kappa shape index (κ2) is 6.55. The lowest BCUT2D eigenvalue weighted by atomic mass is 9.94. The highest BCUT2D eigenvalue weighted by Crippen LogP contribution is 2.21. The van der Waals surface area contributed by atoms with E-state index in [1.54, 1.807) is 0 Å². The van der Waals surface area contributed by atoms with Crippen molar-refractivity contribution in [2.75, 3.05) is 26.2 Å². The largest absolute Gasteiger partial charge is 0.340 e. The Balaban J connectivity index is 0.00000137. The second-order valence-corrected chi connectivity index (χ2v) is 6.70. The Morgan fingerprint density at radius 2 is 1.22 bits per heavy atom. The fourth-order valence-electron chi connectivity index (χ4n) is 2.05. The summed E-state index contributed by atoms with van der Waals surface area (Å²) < 4.78 is 0. The number of hydrogen-bond acceptors (Lipinski definition) is 2. The first-order chi connectivity index (χ1) is 8.12. The highest BCUT2D eigenvalue weighted by atomic mass is 16.2. The maximum Gasteiger partial charge on any atom is 0.228 e. The molecule has 0 N–H and O–H groups in total. The Labute approximate surface area is 114 Å².